The second-order valence-electron chi connectivity index (χ2n) is 4.51. The zero-order valence-corrected chi connectivity index (χ0v) is 10.6. The van der Waals surface area contributed by atoms with Crippen molar-refractivity contribution in [3.05, 3.63) is 0 Å². The highest BCUT2D eigenvalue weighted by Crippen LogP contribution is 2.19. The van der Waals surface area contributed by atoms with Crippen molar-refractivity contribution in [2.24, 2.45) is 0 Å². The number of aliphatic hydroxyl groups excluding tert-OH is 1. The summed E-state index contributed by atoms with van der Waals surface area (Å²) in [6.45, 7) is 7.42. The Morgan fingerprint density at radius 2 is 1.94 bits per heavy atom. The molecule has 0 spiro atoms. The number of hydrogen-bond acceptors (Lipinski definition) is 4. The summed E-state index contributed by atoms with van der Waals surface area (Å²) in [7, 11) is 0. The van der Waals surface area contributed by atoms with Crippen LogP contribution >= 0.6 is 0 Å². The second kappa shape index (κ2) is 8.01. The molecule has 1 aliphatic rings. The Morgan fingerprint density at radius 3 is 2.50 bits per heavy atom. The summed E-state index contributed by atoms with van der Waals surface area (Å²) >= 11 is 0. The summed E-state index contributed by atoms with van der Waals surface area (Å²) in [4.78, 5) is 7.70. The van der Waals surface area contributed by atoms with Gasteiger partial charge in [0.2, 0.25) is 0 Å². The van der Waals surface area contributed by atoms with E-state index in [-0.39, 0.29) is 6.10 Å². The summed E-state index contributed by atoms with van der Waals surface area (Å²) in [6, 6.07) is 0. The fourth-order valence-electron chi connectivity index (χ4n) is 2.11. The second-order valence-corrected chi connectivity index (χ2v) is 4.51. The minimum absolute atomic E-state index is 0.346. The van der Waals surface area contributed by atoms with Crippen LogP contribution in [0.15, 0.2) is 0 Å². The molecule has 0 radical (unpaired) electrons. The Morgan fingerprint density at radius 1 is 1.31 bits per heavy atom. The average molecular weight is 230 g/mol. The van der Waals surface area contributed by atoms with Crippen LogP contribution in [0.4, 0.5) is 0 Å². The van der Waals surface area contributed by atoms with Gasteiger partial charge in [-0.05, 0) is 25.9 Å². The molecule has 0 aromatic heterocycles. The standard InChI is InChI=1S/C12H26N2O2/c1-3-14(4-2)10-11(15)9-13-16-12-7-5-6-8-12/h11-13,15H,3-10H2,1-2H3. The third-order valence-corrected chi connectivity index (χ3v) is 3.23. The summed E-state index contributed by atoms with van der Waals surface area (Å²) < 4.78 is 0. The molecule has 0 amide bonds. The van der Waals surface area contributed by atoms with Crippen molar-refractivity contribution in [3.63, 3.8) is 0 Å². The number of rotatable bonds is 8. The van der Waals surface area contributed by atoms with Crippen molar-refractivity contribution in [2.45, 2.75) is 51.7 Å². The quantitative estimate of drug-likeness (QED) is 0.614. The van der Waals surface area contributed by atoms with Crippen LogP contribution in [0.1, 0.15) is 39.5 Å². The molecule has 0 heterocycles. The van der Waals surface area contributed by atoms with Crippen molar-refractivity contribution in [2.75, 3.05) is 26.2 Å². The number of hydrogen-bond donors (Lipinski definition) is 2. The van der Waals surface area contributed by atoms with Gasteiger partial charge < -0.3 is 10.0 Å². The van der Waals surface area contributed by atoms with Crippen LogP contribution in [-0.2, 0) is 4.84 Å². The number of nitrogens with one attached hydrogen (secondary N) is 1. The number of nitrogens with zero attached hydrogens (tertiary/aromatic N) is 1. The van der Waals surface area contributed by atoms with E-state index in [1.54, 1.807) is 0 Å². The molecule has 0 saturated heterocycles. The highest BCUT2D eigenvalue weighted by molar-refractivity contribution is 4.67. The van der Waals surface area contributed by atoms with E-state index in [9.17, 15) is 5.11 Å². The third-order valence-electron chi connectivity index (χ3n) is 3.23. The van der Waals surface area contributed by atoms with E-state index in [1.807, 2.05) is 0 Å². The molecule has 4 nitrogen and oxygen atoms in total. The summed E-state index contributed by atoms with van der Waals surface area (Å²) in [5.74, 6) is 0. The molecule has 1 unspecified atom stereocenters. The fraction of sp³-hybridized carbons (Fsp3) is 1.00. The van der Waals surface area contributed by atoms with Crippen LogP contribution in [0.25, 0.3) is 0 Å². The summed E-state index contributed by atoms with van der Waals surface area (Å²) in [6.07, 6.45) is 4.86. The van der Waals surface area contributed by atoms with Crippen LogP contribution < -0.4 is 5.48 Å². The molecule has 2 N–H and O–H groups in total. The SMILES string of the molecule is CCN(CC)CC(O)CNOC1CCCC1. The maximum atomic E-state index is 9.77. The Hall–Kier alpha value is -0.160. The zero-order chi connectivity index (χ0) is 11.8. The molecule has 1 rings (SSSR count). The number of hydroxylamine groups is 1. The van der Waals surface area contributed by atoms with Gasteiger partial charge in [0.15, 0.2) is 0 Å². The van der Waals surface area contributed by atoms with Crippen LogP contribution in [0.3, 0.4) is 0 Å². The first-order valence-electron chi connectivity index (χ1n) is 6.55. The Balaban J connectivity index is 2.02. The predicted molar refractivity (Wildman–Crippen MR) is 65.1 cm³/mol. The minimum atomic E-state index is -0.346. The molecule has 1 aliphatic carbocycles. The summed E-state index contributed by atoms with van der Waals surface area (Å²) in [5.41, 5.74) is 2.90. The van der Waals surface area contributed by atoms with E-state index in [4.69, 9.17) is 4.84 Å². The van der Waals surface area contributed by atoms with Crippen molar-refractivity contribution in [3.8, 4) is 0 Å². The van der Waals surface area contributed by atoms with Gasteiger partial charge in [0.1, 0.15) is 0 Å². The molecule has 1 atom stereocenters. The molecule has 0 aromatic rings. The molecule has 0 aromatic carbocycles. The molecule has 0 aliphatic heterocycles. The van der Waals surface area contributed by atoms with Crippen LogP contribution in [0.5, 0.6) is 0 Å². The highest BCUT2D eigenvalue weighted by Gasteiger charge is 2.16. The lowest BCUT2D eigenvalue weighted by molar-refractivity contribution is -0.0401. The minimum Gasteiger partial charge on any atom is -0.390 e. The van der Waals surface area contributed by atoms with E-state index in [1.165, 1.54) is 12.8 Å². The van der Waals surface area contributed by atoms with E-state index >= 15 is 0 Å². The van der Waals surface area contributed by atoms with E-state index in [2.05, 4.69) is 24.2 Å². The Labute approximate surface area is 98.9 Å². The topological polar surface area (TPSA) is 44.7 Å². The van der Waals surface area contributed by atoms with Gasteiger partial charge in [-0.15, -0.1) is 0 Å². The van der Waals surface area contributed by atoms with Gasteiger partial charge in [0, 0.05) is 13.1 Å². The van der Waals surface area contributed by atoms with Gasteiger partial charge in [-0.1, -0.05) is 26.7 Å². The fourth-order valence-corrected chi connectivity index (χ4v) is 2.11. The van der Waals surface area contributed by atoms with Crippen LogP contribution in [-0.4, -0.2) is 48.4 Å². The van der Waals surface area contributed by atoms with Gasteiger partial charge in [-0.3, -0.25) is 4.84 Å². The van der Waals surface area contributed by atoms with Gasteiger partial charge in [-0.2, -0.15) is 5.48 Å². The van der Waals surface area contributed by atoms with Gasteiger partial charge in [-0.25, -0.2) is 0 Å². The molecule has 96 valence electrons. The first-order valence-corrected chi connectivity index (χ1v) is 6.55. The largest absolute Gasteiger partial charge is 0.390 e. The van der Waals surface area contributed by atoms with Gasteiger partial charge in [0.25, 0.3) is 0 Å². The van der Waals surface area contributed by atoms with E-state index < -0.39 is 0 Å². The first kappa shape index (κ1) is 13.9. The summed E-state index contributed by atoms with van der Waals surface area (Å²) in [5, 5.41) is 9.77. The first-order chi connectivity index (χ1) is 7.76. The van der Waals surface area contributed by atoms with Crippen molar-refractivity contribution in [1.82, 2.24) is 10.4 Å². The maximum absolute atomic E-state index is 9.77. The monoisotopic (exact) mass is 230 g/mol. The molecule has 0 bridgehead atoms. The number of aliphatic hydroxyl groups is 1. The Kier molecular flexibility index (Phi) is 6.96. The van der Waals surface area contributed by atoms with Crippen molar-refractivity contribution in [1.29, 1.82) is 0 Å². The third kappa shape index (κ3) is 5.25. The molecule has 4 heteroatoms. The smallest absolute Gasteiger partial charge is 0.0814 e. The lowest BCUT2D eigenvalue weighted by Gasteiger charge is -2.22. The van der Waals surface area contributed by atoms with E-state index in [0.29, 0.717) is 19.2 Å². The average Bonchev–Trinajstić information content (AvgIpc) is 2.79. The predicted octanol–water partition coefficient (Wildman–Crippen LogP) is 1.15. The van der Waals surface area contributed by atoms with E-state index in [0.717, 1.165) is 25.9 Å². The normalized spacial score (nSPS) is 19.5. The van der Waals surface area contributed by atoms with Crippen molar-refractivity contribution < 1.29 is 9.94 Å². The Bertz CT molecular complexity index is 168. The molecule has 1 saturated carbocycles. The number of likely N-dealkylation sites (N-methyl/N-ethyl adjacent to an activating group) is 1. The van der Waals surface area contributed by atoms with Gasteiger partial charge in [0.05, 0.1) is 12.2 Å². The highest BCUT2D eigenvalue weighted by atomic mass is 16.7. The molecular formula is C12H26N2O2. The van der Waals surface area contributed by atoms with Crippen LogP contribution in [0.2, 0.25) is 0 Å². The lowest BCUT2D eigenvalue weighted by Crippen LogP contribution is -2.39. The molecule has 16 heavy (non-hydrogen) atoms. The van der Waals surface area contributed by atoms with Gasteiger partial charge >= 0.3 is 0 Å². The lowest BCUT2D eigenvalue weighted by atomic mass is 10.3. The zero-order valence-electron chi connectivity index (χ0n) is 10.6. The van der Waals surface area contributed by atoms with Crippen LogP contribution in [0, 0.1) is 0 Å². The molecule has 1 fully saturated rings. The van der Waals surface area contributed by atoms with Crippen molar-refractivity contribution >= 4 is 0 Å². The maximum Gasteiger partial charge on any atom is 0.0814 e. The molecular weight excluding hydrogens is 204 g/mol.